The molecule has 0 saturated carbocycles. The zero-order valence-electron chi connectivity index (χ0n) is 6.93. The van der Waals surface area contributed by atoms with Gasteiger partial charge in [0.25, 0.3) is 0 Å². The highest BCUT2D eigenvalue weighted by molar-refractivity contribution is 5.72. The first-order chi connectivity index (χ1) is 4.54. The number of aliphatic hydroxyl groups is 1. The van der Waals surface area contributed by atoms with Crippen molar-refractivity contribution in [2.75, 3.05) is 14.1 Å². The number of hydrogen-bond acceptors (Lipinski definition) is 3. The maximum absolute atomic E-state index is 9.70. The standard InChI is InChI=1S/C3H9NO.C3H7NO/c2*1-3(5)4-2/h3-5H,1-2H3;1-2H3,(H,4,5). The average molecular weight is 148 g/mol. The zero-order chi connectivity index (χ0) is 8.57. The molecule has 0 rings (SSSR count). The molecular formula is C6H16N2O2. The topological polar surface area (TPSA) is 61.4 Å². The first kappa shape index (κ1) is 12.1. The minimum Gasteiger partial charge on any atom is -0.379 e. The molecule has 0 aliphatic rings. The molecule has 0 saturated heterocycles. The van der Waals surface area contributed by atoms with E-state index in [1.165, 1.54) is 6.92 Å². The summed E-state index contributed by atoms with van der Waals surface area (Å²) in [5, 5.41) is 13.2. The van der Waals surface area contributed by atoms with Crippen molar-refractivity contribution in [3.05, 3.63) is 0 Å². The van der Waals surface area contributed by atoms with Crippen molar-refractivity contribution < 1.29 is 9.90 Å². The van der Waals surface area contributed by atoms with E-state index in [1.54, 1.807) is 21.0 Å². The maximum Gasteiger partial charge on any atom is 0.216 e. The number of aliphatic hydroxyl groups excluding tert-OH is 1. The Hall–Kier alpha value is -0.610. The Morgan fingerprint density at radius 3 is 1.70 bits per heavy atom. The lowest BCUT2D eigenvalue weighted by Crippen LogP contribution is -2.19. The van der Waals surface area contributed by atoms with Gasteiger partial charge < -0.3 is 10.4 Å². The van der Waals surface area contributed by atoms with Gasteiger partial charge in [0.1, 0.15) is 6.23 Å². The highest BCUT2D eigenvalue weighted by Crippen LogP contribution is 1.59. The lowest BCUT2D eigenvalue weighted by molar-refractivity contribution is -0.118. The molecule has 1 unspecified atom stereocenters. The molecular weight excluding hydrogens is 132 g/mol. The molecule has 0 spiro atoms. The molecule has 1 atom stereocenters. The largest absolute Gasteiger partial charge is 0.379 e. The predicted molar refractivity (Wildman–Crippen MR) is 40.5 cm³/mol. The third kappa shape index (κ3) is 26.3. The summed E-state index contributed by atoms with van der Waals surface area (Å²) >= 11 is 0. The molecule has 0 aliphatic heterocycles. The van der Waals surface area contributed by atoms with E-state index in [4.69, 9.17) is 5.11 Å². The van der Waals surface area contributed by atoms with Crippen LogP contribution in [0.3, 0.4) is 0 Å². The van der Waals surface area contributed by atoms with Crippen LogP contribution in [0.1, 0.15) is 13.8 Å². The van der Waals surface area contributed by atoms with Crippen LogP contribution in [0.15, 0.2) is 0 Å². The molecule has 0 radical (unpaired) electrons. The summed E-state index contributed by atoms with van der Waals surface area (Å²) < 4.78 is 0. The van der Waals surface area contributed by atoms with Crippen molar-refractivity contribution in [2.45, 2.75) is 20.1 Å². The average Bonchev–Trinajstić information content (AvgIpc) is 1.89. The summed E-state index contributed by atoms with van der Waals surface area (Å²) in [6.07, 6.45) is -0.366. The van der Waals surface area contributed by atoms with E-state index in [-0.39, 0.29) is 12.1 Å². The first-order valence-corrected chi connectivity index (χ1v) is 3.08. The van der Waals surface area contributed by atoms with E-state index in [9.17, 15) is 4.79 Å². The molecule has 0 bridgehead atoms. The monoisotopic (exact) mass is 148 g/mol. The van der Waals surface area contributed by atoms with E-state index >= 15 is 0 Å². The van der Waals surface area contributed by atoms with Gasteiger partial charge in [0.15, 0.2) is 0 Å². The van der Waals surface area contributed by atoms with Gasteiger partial charge in [-0.1, -0.05) is 0 Å². The quantitative estimate of drug-likeness (QED) is 0.431. The molecule has 0 fully saturated rings. The summed E-state index contributed by atoms with van der Waals surface area (Å²) in [5.74, 6) is 0.00463. The van der Waals surface area contributed by atoms with Gasteiger partial charge in [-0.05, 0) is 14.0 Å². The lowest BCUT2D eigenvalue weighted by atomic mass is 10.7. The van der Waals surface area contributed by atoms with Crippen molar-refractivity contribution in [1.29, 1.82) is 0 Å². The number of hydrogen-bond donors (Lipinski definition) is 3. The van der Waals surface area contributed by atoms with Crippen molar-refractivity contribution in [3.63, 3.8) is 0 Å². The minimum atomic E-state index is -0.366. The van der Waals surface area contributed by atoms with Gasteiger partial charge in [0.2, 0.25) is 5.91 Å². The van der Waals surface area contributed by atoms with Crippen LogP contribution in [0.5, 0.6) is 0 Å². The summed E-state index contributed by atoms with van der Waals surface area (Å²) in [6.45, 7) is 3.14. The third-order valence-corrected chi connectivity index (χ3v) is 0.770. The fraction of sp³-hybridized carbons (Fsp3) is 0.833. The maximum atomic E-state index is 9.70. The second-order valence-corrected chi connectivity index (χ2v) is 1.77. The molecule has 4 nitrogen and oxygen atoms in total. The van der Waals surface area contributed by atoms with Gasteiger partial charge in [-0.15, -0.1) is 0 Å². The SMILES string of the molecule is CNC(C)=O.CNC(C)O. The van der Waals surface area contributed by atoms with Crippen LogP contribution >= 0.6 is 0 Å². The van der Waals surface area contributed by atoms with Gasteiger partial charge in [0, 0.05) is 14.0 Å². The lowest BCUT2D eigenvalue weighted by Gasteiger charge is -1.94. The Balaban J connectivity index is 0. The van der Waals surface area contributed by atoms with Gasteiger partial charge in [-0.2, -0.15) is 0 Å². The number of amides is 1. The molecule has 0 aromatic heterocycles. The Bertz CT molecular complexity index is 83.8. The van der Waals surface area contributed by atoms with E-state index in [2.05, 4.69) is 10.6 Å². The Morgan fingerprint density at radius 1 is 1.50 bits per heavy atom. The van der Waals surface area contributed by atoms with Crippen molar-refractivity contribution >= 4 is 5.91 Å². The van der Waals surface area contributed by atoms with Crippen molar-refractivity contribution in [2.24, 2.45) is 0 Å². The van der Waals surface area contributed by atoms with Gasteiger partial charge in [-0.25, -0.2) is 0 Å². The van der Waals surface area contributed by atoms with E-state index in [1.807, 2.05) is 0 Å². The number of carbonyl (C=O) groups is 1. The van der Waals surface area contributed by atoms with Crippen LogP contribution in [0.2, 0.25) is 0 Å². The molecule has 0 aliphatic carbocycles. The number of rotatable bonds is 1. The van der Waals surface area contributed by atoms with E-state index in [0.717, 1.165) is 0 Å². The highest BCUT2D eigenvalue weighted by atomic mass is 16.3. The normalized spacial score (nSPS) is 10.9. The van der Waals surface area contributed by atoms with Crippen molar-refractivity contribution in [1.82, 2.24) is 10.6 Å². The molecule has 1 amide bonds. The second kappa shape index (κ2) is 8.39. The molecule has 4 heteroatoms. The van der Waals surface area contributed by atoms with Crippen LogP contribution in [0, 0.1) is 0 Å². The van der Waals surface area contributed by atoms with Crippen LogP contribution in [-0.2, 0) is 4.79 Å². The summed E-state index contributed by atoms with van der Waals surface area (Å²) in [4.78, 5) is 9.70. The van der Waals surface area contributed by atoms with Gasteiger partial charge >= 0.3 is 0 Å². The van der Waals surface area contributed by atoms with Crippen LogP contribution in [0.25, 0.3) is 0 Å². The highest BCUT2D eigenvalue weighted by Gasteiger charge is 1.78. The first-order valence-electron chi connectivity index (χ1n) is 3.08. The molecule has 3 N–H and O–H groups in total. The fourth-order valence-corrected chi connectivity index (χ4v) is 0. The van der Waals surface area contributed by atoms with Gasteiger partial charge in [0.05, 0.1) is 0 Å². The zero-order valence-corrected chi connectivity index (χ0v) is 6.93. The Morgan fingerprint density at radius 2 is 1.70 bits per heavy atom. The van der Waals surface area contributed by atoms with E-state index < -0.39 is 0 Å². The van der Waals surface area contributed by atoms with Gasteiger partial charge in [-0.3, -0.25) is 10.1 Å². The third-order valence-electron chi connectivity index (χ3n) is 0.770. The summed E-state index contributed by atoms with van der Waals surface area (Å²) in [5.41, 5.74) is 0. The molecule has 10 heavy (non-hydrogen) atoms. The number of carbonyl (C=O) groups excluding carboxylic acids is 1. The fourth-order valence-electron chi connectivity index (χ4n) is 0. The Labute approximate surface area is 61.6 Å². The Kier molecular flexibility index (Phi) is 10.2. The molecule has 62 valence electrons. The summed E-state index contributed by atoms with van der Waals surface area (Å²) in [6, 6.07) is 0. The predicted octanol–water partition coefficient (Wildman–Crippen LogP) is -0.704. The molecule has 0 heterocycles. The van der Waals surface area contributed by atoms with Crippen LogP contribution in [-0.4, -0.2) is 31.3 Å². The van der Waals surface area contributed by atoms with Crippen LogP contribution in [0.4, 0.5) is 0 Å². The smallest absolute Gasteiger partial charge is 0.216 e. The molecule has 0 aromatic rings. The minimum absolute atomic E-state index is 0.00463. The van der Waals surface area contributed by atoms with Crippen LogP contribution < -0.4 is 10.6 Å². The van der Waals surface area contributed by atoms with Crippen molar-refractivity contribution in [3.8, 4) is 0 Å². The molecule has 0 aromatic carbocycles. The number of nitrogens with one attached hydrogen (secondary N) is 2. The second-order valence-electron chi connectivity index (χ2n) is 1.77. The van der Waals surface area contributed by atoms with E-state index in [0.29, 0.717) is 0 Å². The summed E-state index contributed by atoms with van der Waals surface area (Å²) in [7, 11) is 3.30.